The second kappa shape index (κ2) is 7.20. The van der Waals surface area contributed by atoms with Gasteiger partial charge in [0.25, 0.3) is 0 Å². The number of hydrogen-bond donors (Lipinski definition) is 1. The molecule has 0 aliphatic carbocycles. The summed E-state index contributed by atoms with van der Waals surface area (Å²) in [6.45, 7) is 9.16. The van der Waals surface area contributed by atoms with Crippen molar-refractivity contribution in [3.63, 3.8) is 0 Å². The van der Waals surface area contributed by atoms with E-state index in [0.717, 1.165) is 19.0 Å². The number of likely N-dealkylation sites (tertiary alicyclic amines) is 1. The van der Waals surface area contributed by atoms with Gasteiger partial charge in [0.2, 0.25) is 0 Å². The fourth-order valence-electron chi connectivity index (χ4n) is 2.49. The highest BCUT2D eigenvalue weighted by Crippen LogP contribution is 2.17. The minimum absolute atomic E-state index is 0.806. The van der Waals surface area contributed by atoms with Crippen LogP contribution in [-0.2, 0) is 0 Å². The van der Waals surface area contributed by atoms with Crippen LogP contribution in [0.2, 0.25) is 0 Å². The Morgan fingerprint density at radius 2 is 2.00 bits per heavy atom. The lowest BCUT2D eigenvalue weighted by Gasteiger charge is -2.33. The van der Waals surface area contributed by atoms with Gasteiger partial charge in [0.1, 0.15) is 0 Å². The summed E-state index contributed by atoms with van der Waals surface area (Å²) < 4.78 is 0. The third-order valence-electron chi connectivity index (χ3n) is 3.33. The van der Waals surface area contributed by atoms with E-state index in [-0.39, 0.29) is 0 Å². The highest BCUT2D eigenvalue weighted by Gasteiger charge is 2.19. The van der Waals surface area contributed by atoms with Crippen molar-refractivity contribution in [2.45, 2.75) is 26.2 Å². The van der Waals surface area contributed by atoms with E-state index in [9.17, 15) is 0 Å². The van der Waals surface area contributed by atoms with E-state index in [0.29, 0.717) is 0 Å². The molecular formula is C12H27N3. The summed E-state index contributed by atoms with van der Waals surface area (Å²) in [6, 6.07) is 0. The molecule has 90 valence electrons. The minimum atomic E-state index is 0.806. The zero-order chi connectivity index (χ0) is 11.1. The molecule has 0 amide bonds. The fourth-order valence-corrected chi connectivity index (χ4v) is 2.49. The Morgan fingerprint density at radius 1 is 1.33 bits per heavy atom. The summed E-state index contributed by atoms with van der Waals surface area (Å²) in [5, 5.41) is 0. The van der Waals surface area contributed by atoms with Gasteiger partial charge in [0.05, 0.1) is 0 Å². The van der Waals surface area contributed by atoms with E-state index in [1.165, 1.54) is 45.4 Å². The van der Waals surface area contributed by atoms with Gasteiger partial charge in [-0.25, -0.2) is 0 Å². The molecular weight excluding hydrogens is 186 g/mol. The van der Waals surface area contributed by atoms with Gasteiger partial charge in [-0.3, -0.25) is 0 Å². The Morgan fingerprint density at radius 3 is 2.53 bits per heavy atom. The minimum Gasteiger partial charge on any atom is -0.329 e. The van der Waals surface area contributed by atoms with Gasteiger partial charge < -0.3 is 15.5 Å². The molecule has 3 heteroatoms. The third kappa shape index (κ3) is 4.96. The maximum absolute atomic E-state index is 5.56. The number of nitrogens with two attached hydrogens (primary N) is 1. The van der Waals surface area contributed by atoms with E-state index in [2.05, 4.69) is 23.8 Å². The predicted octanol–water partition coefficient (Wildman–Crippen LogP) is 0.999. The molecule has 2 N–H and O–H groups in total. The van der Waals surface area contributed by atoms with Crippen LogP contribution in [0, 0.1) is 5.92 Å². The monoisotopic (exact) mass is 213 g/mol. The van der Waals surface area contributed by atoms with Crippen LogP contribution < -0.4 is 5.73 Å². The van der Waals surface area contributed by atoms with Crippen LogP contribution in [-0.4, -0.2) is 56.1 Å². The van der Waals surface area contributed by atoms with E-state index < -0.39 is 0 Å². The van der Waals surface area contributed by atoms with Crippen molar-refractivity contribution < 1.29 is 0 Å². The van der Waals surface area contributed by atoms with Crippen molar-refractivity contribution >= 4 is 0 Å². The molecule has 1 heterocycles. The largest absolute Gasteiger partial charge is 0.329 e. The Hall–Kier alpha value is -0.120. The quantitative estimate of drug-likeness (QED) is 0.714. The molecule has 1 rings (SSSR count). The molecule has 1 saturated heterocycles. The highest BCUT2D eigenvalue weighted by atomic mass is 15.1. The first-order chi connectivity index (χ1) is 7.26. The maximum atomic E-state index is 5.56. The molecule has 1 aliphatic rings. The average molecular weight is 213 g/mol. The van der Waals surface area contributed by atoms with E-state index in [1.54, 1.807) is 0 Å². The van der Waals surface area contributed by atoms with Crippen LogP contribution in [0.3, 0.4) is 0 Å². The molecule has 0 aromatic carbocycles. The first kappa shape index (κ1) is 12.9. The van der Waals surface area contributed by atoms with Crippen LogP contribution in [0.5, 0.6) is 0 Å². The van der Waals surface area contributed by atoms with Gasteiger partial charge in [-0.1, -0.05) is 6.92 Å². The van der Waals surface area contributed by atoms with E-state index in [1.807, 2.05) is 0 Å². The van der Waals surface area contributed by atoms with Crippen molar-refractivity contribution in [2.75, 3.05) is 46.3 Å². The number of rotatable bonds is 6. The van der Waals surface area contributed by atoms with Crippen LogP contribution >= 0.6 is 0 Å². The molecule has 0 spiro atoms. The fraction of sp³-hybridized carbons (Fsp3) is 1.00. The zero-order valence-corrected chi connectivity index (χ0v) is 10.4. The van der Waals surface area contributed by atoms with Crippen molar-refractivity contribution in [2.24, 2.45) is 11.7 Å². The van der Waals surface area contributed by atoms with E-state index in [4.69, 9.17) is 5.73 Å². The third-order valence-corrected chi connectivity index (χ3v) is 3.33. The lowest BCUT2D eigenvalue weighted by atomic mass is 9.96. The average Bonchev–Trinajstić information content (AvgIpc) is 2.22. The summed E-state index contributed by atoms with van der Waals surface area (Å²) in [4.78, 5) is 4.97. The zero-order valence-electron chi connectivity index (χ0n) is 10.4. The standard InChI is InChI=1S/C12H27N3/c1-3-7-14(2)11-12-4-8-15(9-5-12)10-6-13/h12H,3-11,13H2,1-2H3. The van der Waals surface area contributed by atoms with Crippen molar-refractivity contribution in [3.05, 3.63) is 0 Å². The Bertz CT molecular complexity index is 153. The molecule has 0 unspecified atom stereocenters. The van der Waals surface area contributed by atoms with Crippen molar-refractivity contribution in [1.82, 2.24) is 9.80 Å². The van der Waals surface area contributed by atoms with Crippen molar-refractivity contribution in [1.29, 1.82) is 0 Å². The van der Waals surface area contributed by atoms with Gasteiger partial charge in [-0.05, 0) is 51.9 Å². The molecule has 0 aromatic rings. The van der Waals surface area contributed by atoms with Crippen LogP contribution in [0.4, 0.5) is 0 Å². The van der Waals surface area contributed by atoms with Crippen LogP contribution in [0.25, 0.3) is 0 Å². The SMILES string of the molecule is CCCN(C)CC1CCN(CCN)CC1. The van der Waals surface area contributed by atoms with Crippen LogP contribution in [0.15, 0.2) is 0 Å². The molecule has 0 radical (unpaired) electrons. The number of piperidine rings is 1. The summed E-state index contributed by atoms with van der Waals surface area (Å²) in [5.74, 6) is 0.913. The topological polar surface area (TPSA) is 32.5 Å². The predicted molar refractivity (Wildman–Crippen MR) is 66.0 cm³/mol. The van der Waals surface area contributed by atoms with Gasteiger partial charge in [-0.15, -0.1) is 0 Å². The van der Waals surface area contributed by atoms with Crippen LogP contribution in [0.1, 0.15) is 26.2 Å². The second-order valence-corrected chi connectivity index (χ2v) is 4.84. The Balaban J connectivity index is 2.14. The lowest BCUT2D eigenvalue weighted by Crippen LogP contribution is -2.40. The van der Waals surface area contributed by atoms with Gasteiger partial charge in [0, 0.05) is 19.6 Å². The van der Waals surface area contributed by atoms with Gasteiger partial charge >= 0.3 is 0 Å². The first-order valence-electron chi connectivity index (χ1n) is 6.37. The van der Waals surface area contributed by atoms with Crippen molar-refractivity contribution in [3.8, 4) is 0 Å². The summed E-state index contributed by atoms with van der Waals surface area (Å²) >= 11 is 0. The Labute approximate surface area is 94.6 Å². The molecule has 3 nitrogen and oxygen atoms in total. The smallest absolute Gasteiger partial charge is 0.0105 e. The number of hydrogen-bond acceptors (Lipinski definition) is 3. The molecule has 0 saturated carbocycles. The van der Waals surface area contributed by atoms with Gasteiger partial charge in [0.15, 0.2) is 0 Å². The molecule has 0 aromatic heterocycles. The summed E-state index contributed by atoms with van der Waals surface area (Å²) in [6.07, 6.45) is 3.98. The summed E-state index contributed by atoms with van der Waals surface area (Å²) in [7, 11) is 2.25. The lowest BCUT2D eigenvalue weighted by molar-refractivity contribution is 0.157. The normalized spacial score (nSPS) is 20.0. The molecule has 0 atom stereocenters. The number of nitrogens with zero attached hydrogens (tertiary/aromatic N) is 2. The summed E-state index contributed by atoms with van der Waals surface area (Å²) in [5.41, 5.74) is 5.56. The molecule has 1 fully saturated rings. The molecule has 1 aliphatic heterocycles. The highest BCUT2D eigenvalue weighted by molar-refractivity contribution is 4.74. The maximum Gasteiger partial charge on any atom is 0.0105 e. The van der Waals surface area contributed by atoms with E-state index >= 15 is 0 Å². The Kier molecular flexibility index (Phi) is 6.22. The second-order valence-electron chi connectivity index (χ2n) is 4.84. The first-order valence-corrected chi connectivity index (χ1v) is 6.37. The molecule has 0 bridgehead atoms. The molecule has 15 heavy (non-hydrogen) atoms. The van der Waals surface area contributed by atoms with Gasteiger partial charge in [-0.2, -0.15) is 0 Å².